The third-order valence-electron chi connectivity index (χ3n) is 0.799. The van der Waals surface area contributed by atoms with Crippen LogP contribution in [0.15, 0.2) is 4.42 Å². The molecule has 1 heterocycles. The molecule has 46 valence electrons. The Morgan fingerprint density at radius 2 is 2.44 bits per heavy atom. The Hall–Kier alpha value is -0.570. The zero-order chi connectivity index (χ0) is 6.85. The van der Waals surface area contributed by atoms with Gasteiger partial charge in [0.25, 0.3) is 0 Å². The number of aryl methyl sites for hydroxylation is 1. The number of hydrogen-bond donors (Lipinski definition) is 0. The molecule has 0 aliphatic heterocycles. The fraction of sp³-hybridized carbons (Fsp3) is 0.200. The van der Waals surface area contributed by atoms with Gasteiger partial charge in [-0.25, -0.2) is 4.98 Å². The van der Waals surface area contributed by atoms with Crippen molar-refractivity contribution in [2.75, 3.05) is 0 Å². The van der Waals surface area contributed by atoms with Crippen LogP contribution in [0.1, 0.15) is 11.6 Å². The average Bonchev–Trinajstić information content (AvgIpc) is 2.10. The quantitative estimate of drug-likeness (QED) is 0.638. The third kappa shape index (κ3) is 1.21. The fourth-order valence-electron chi connectivity index (χ4n) is 0.471. The van der Waals surface area contributed by atoms with Gasteiger partial charge in [-0.05, 0) is 0 Å². The summed E-state index contributed by atoms with van der Waals surface area (Å²) < 4.78 is 5.52. The fourth-order valence-corrected chi connectivity index (χ4v) is 1.03. The number of halogens is 1. The molecule has 1 aromatic heterocycles. The molecule has 3 nitrogen and oxygen atoms in total. The van der Waals surface area contributed by atoms with Gasteiger partial charge in [-0.1, -0.05) is 0 Å². The number of oxazole rings is 1. The first kappa shape index (κ1) is 6.55. The number of aromatic nitrogens is 1. The van der Waals surface area contributed by atoms with Gasteiger partial charge >= 0.3 is 0 Å². The number of nitriles is 1. The summed E-state index contributed by atoms with van der Waals surface area (Å²) in [5, 5.41) is 8.35. The molecule has 0 fully saturated rings. The topological polar surface area (TPSA) is 49.8 Å². The van der Waals surface area contributed by atoms with Gasteiger partial charge in [0.15, 0.2) is 11.6 Å². The second-order valence-corrected chi connectivity index (χ2v) is 2.45. The zero-order valence-electron chi connectivity index (χ0n) is 4.68. The van der Waals surface area contributed by atoms with E-state index >= 15 is 0 Å². The molecule has 0 aliphatic rings. The van der Waals surface area contributed by atoms with E-state index in [0.29, 0.717) is 15.4 Å². The van der Waals surface area contributed by atoms with Crippen molar-refractivity contribution >= 4 is 22.6 Å². The van der Waals surface area contributed by atoms with Crippen LogP contribution >= 0.6 is 22.6 Å². The molecular formula is C5H3IN2O. The summed E-state index contributed by atoms with van der Waals surface area (Å²) in [4.78, 5) is 3.79. The molecule has 0 atom stereocenters. The Kier molecular flexibility index (Phi) is 1.71. The standard InChI is InChI=1S/C5H3IN2O/c1-3-8-4(2-7)5(6)9-3/h1H3. The monoisotopic (exact) mass is 234 g/mol. The molecule has 0 amide bonds. The Morgan fingerprint density at radius 3 is 2.67 bits per heavy atom. The lowest BCUT2D eigenvalue weighted by Gasteiger charge is -1.72. The van der Waals surface area contributed by atoms with Crippen LogP contribution in [-0.2, 0) is 0 Å². The van der Waals surface area contributed by atoms with E-state index in [-0.39, 0.29) is 0 Å². The van der Waals surface area contributed by atoms with Gasteiger partial charge in [0.1, 0.15) is 6.07 Å². The van der Waals surface area contributed by atoms with Gasteiger partial charge < -0.3 is 4.42 Å². The second kappa shape index (κ2) is 2.35. The van der Waals surface area contributed by atoms with E-state index in [0.717, 1.165) is 0 Å². The van der Waals surface area contributed by atoms with Crippen LogP contribution in [-0.4, -0.2) is 4.98 Å². The molecule has 4 heteroatoms. The predicted molar refractivity (Wildman–Crippen MR) is 38.7 cm³/mol. The van der Waals surface area contributed by atoms with E-state index in [2.05, 4.69) is 4.98 Å². The van der Waals surface area contributed by atoms with E-state index in [9.17, 15) is 0 Å². The smallest absolute Gasteiger partial charge is 0.202 e. The molecule has 0 aliphatic carbocycles. The summed E-state index contributed by atoms with van der Waals surface area (Å²) in [5.74, 6) is 0.538. The van der Waals surface area contributed by atoms with Crippen LogP contribution in [0.3, 0.4) is 0 Å². The van der Waals surface area contributed by atoms with Crippen LogP contribution in [0.4, 0.5) is 0 Å². The van der Waals surface area contributed by atoms with Crippen LogP contribution < -0.4 is 0 Å². The normalized spacial score (nSPS) is 9.00. The molecule has 0 spiro atoms. The van der Waals surface area contributed by atoms with Crippen molar-refractivity contribution in [1.29, 1.82) is 5.26 Å². The van der Waals surface area contributed by atoms with Gasteiger partial charge in [0, 0.05) is 29.5 Å². The Morgan fingerprint density at radius 1 is 1.78 bits per heavy atom. The number of nitrogens with zero attached hydrogens (tertiary/aromatic N) is 2. The minimum absolute atomic E-state index is 0.369. The van der Waals surface area contributed by atoms with E-state index < -0.39 is 0 Å². The zero-order valence-corrected chi connectivity index (χ0v) is 6.84. The summed E-state index contributed by atoms with van der Waals surface area (Å²) in [7, 11) is 0. The molecular weight excluding hydrogens is 231 g/mol. The van der Waals surface area contributed by atoms with Crippen LogP contribution in [0.25, 0.3) is 0 Å². The molecule has 0 radical (unpaired) electrons. The summed E-state index contributed by atoms with van der Waals surface area (Å²) in [5.41, 5.74) is 0.369. The van der Waals surface area contributed by atoms with Crippen LogP contribution in [0.5, 0.6) is 0 Å². The van der Waals surface area contributed by atoms with Crippen molar-refractivity contribution in [3.63, 3.8) is 0 Å². The van der Waals surface area contributed by atoms with Crippen molar-refractivity contribution in [3.8, 4) is 6.07 Å². The van der Waals surface area contributed by atoms with Crippen molar-refractivity contribution in [2.45, 2.75) is 6.92 Å². The molecule has 0 aromatic carbocycles. The van der Waals surface area contributed by atoms with E-state index in [1.807, 2.05) is 28.7 Å². The molecule has 0 bridgehead atoms. The summed E-state index contributed by atoms with van der Waals surface area (Å²) >= 11 is 1.93. The average molecular weight is 234 g/mol. The summed E-state index contributed by atoms with van der Waals surface area (Å²) in [6.07, 6.45) is 0. The van der Waals surface area contributed by atoms with Crippen molar-refractivity contribution < 1.29 is 4.42 Å². The molecule has 0 N–H and O–H groups in total. The maximum atomic E-state index is 8.35. The number of hydrogen-bond acceptors (Lipinski definition) is 3. The predicted octanol–water partition coefficient (Wildman–Crippen LogP) is 1.46. The van der Waals surface area contributed by atoms with E-state index in [1.165, 1.54) is 0 Å². The summed E-state index contributed by atoms with van der Waals surface area (Å²) in [6, 6.07) is 1.90. The Bertz CT molecular complexity index is 260. The minimum atomic E-state index is 0.369. The van der Waals surface area contributed by atoms with Gasteiger partial charge in [-0.2, -0.15) is 5.26 Å². The first-order valence-corrected chi connectivity index (χ1v) is 3.35. The molecule has 0 unspecified atom stereocenters. The van der Waals surface area contributed by atoms with Gasteiger partial charge in [0.2, 0.25) is 3.77 Å². The Labute approximate surface area is 65.8 Å². The van der Waals surface area contributed by atoms with E-state index in [1.54, 1.807) is 6.92 Å². The van der Waals surface area contributed by atoms with Gasteiger partial charge in [-0.15, -0.1) is 0 Å². The highest BCUT2D eigenvalue weighted by Crippen LogP contribution is 2.10. The highest BCUT2D eigenvalue weighted by atomic mass is 127. The lowest BCUT2D eigenvalue weighted by Crippen LogP contribution is -1.74. The SMILES string of the molecule is Cc1nc(C#N)c(I)o1. The second-order valence-electron chi connectivity index (χ2n) is 1.47. The van der Waals surface area contributed by atoms with Crippen molar-refractivity contribution in [3.05, 3.63) is 15.4 Å². The minimum Gasteiger partial charge on any atom is -0.434 e. The number of rotatable bonds is 0. The molecule has 9 heavy (non-hydrogen) atoms. The third-order valence-corrected chi connectivity index (χ3v) is 1.53. The van der Waals surface area contributed by atoms with Gasteiger partial charge in [0.05, 0.1) is 0 Å². The molecule has 0 saturated carbocycles. The lowest BCUT2D eigenvalue weighted by molar-refractivity contribution is 0.496. The van der Waals surface area contributed by atoms with Crippen molar-refractivity contribution in [1.82, 2.24) is 4.98 Å². The van der Waals surface area contributed by atoms with Crippen molar-refractivity contribution in [2.24, 2.45) is 0 Å². The van der Waals surface area contributed by atoms with E-state index in [4.69, 9.17) is 9.68 Å². The Balaban J connectivity index is 3.20. The first-order chi connectivity index (χ1) is 4.24. The highest BCUT2D eigenvalue weighted by molar-refractivity contribution is 14.1. The molecule has 0 saturated heterocycles. The lowest BCUT2D eigenvalue weighted by atomic mass is 10.6. The largest absolute Gasteiger partial charge is 0.434 e. The van der Waals surface area contributed by atoms with Gasteiger partial charge in [-0.3, -0.25) is 0 Å². The molecule has 1 aromatic rings. The molecule has 1 rings (SSSR count). The first-order valence-electron chi connectivity index (χ1n) is 2.27. The maximum absolute atomic E-state index is 8.35. The highest BCUT2D eigenvalue weighted by Gasteiger charge is 2.04. The maximum Gasteiger partial charge on any atom is 0.202 e. The van der Waals surface area contributed by atoms with Crippen LogP contribution in [0, 0.1) is 22.0 Å². The summed E-state index contributed by atoms with van der Waals surface area (Å²) in [6.45, 7) is 1.71. The van der Waals surface area contributed by atoms with Crippen LogP contribution in [0.2, 0.25) is 0 Å².